The van der Waals surface area contributed by atoms with Crippen LogP contribution in [0.4, 0.5) is 0 Å². The van der Waals surface area contributed by atoms with E-state index in [4.69, 9.17) is 14.2 Å². The van der Waals surface area contributed by atoms with Crippen molar-refractivity contribution >= 4 is 17.9 Å². The molecule has 1 atom stereocenters. The van der Waals surface area contributed by atoms with Gasteiger partial charge >= 0.3 is 17.9 Å². The van der Waals surface area contributed by atoms with Crippen LogP contribution in [-0.4, -0.2) is 37.2 Å². The van der Waals surface area contributed by atoms with Gasteiger partial charge in [0.15, 0.2) is 6.10 Å². The lowest BCUT2D eigenvalue weighted by Gasteiger charge is -2.18. The summed E-state index contributed by atoms with van der Waals surface area (Å²) < 4.78 is 16.8. The maximum atomic E-state index is 12.8. The maximum Gasteiger partial charge on any atom is 0.306 e. The lowest BCUT2D eigenvalue weighted by atomic mass is 10.0. The van der Waals surface area contributed by atoms with E-state index in [1.165, 1.54) is 96.3 Å². The summed E-state index contributed by atoms with van der Waals surface area (Å²) in [6, 6.07) is 0. The first-order valence-corrected chi connectivity index (χ1v) is 27.1. The van der Waals surface area contributed by atoms with Crippen molar-refractivity contribution in [2.24, 2.45) is 0 Å². The van der Waals surface area contributed by atoms with Gasteiger partial charge < -0.3 is 14.2 Å². The molecule has 0 spiro atoms. The summed E-state index contributed by atoms with van der Waals surface area (Å²) in [5, 5.41) is 0. The van der Waals surface area contributed by atoms with Crippen molar-refractivity contribution in [1.82, 2.24) is 0 Å². The summed E-state index contributed by atoms with van der Waals surface area (Å²) >= 11 is 0. The summed E-state index contributed by atoms with van der Waals surface area (Å²) in [6.07, 6.45) is 68.6. The largest absolute Gasteiger partial charge is 0.462 e. The van der Waals surface area contributed by atoms with E-state index in [1.807, 2.05) is 18.2 Å². The fourth-order valence-corrected chi connectivity index (χ4v) is 7.47. The summed E-state index contributed by atoms with van der Waals surface area (Å²) in [7, 11) is 0. The molecule has 0 heterocycles. The SMILES string of the molecule is CC\C=C/C=C\C=C/C=C\CCCCCCCC(=O)OC(COC(=O)CCCCCC/C=C\C/C=C\C/C=C\CC)COC(=O)CCCCCCCCCCCCCCCCCCCC. The molecular formula is C59H100O6. The van der Waals surface area contributed by atoms with E-state index >= 15 is 0 Å². The molecule has 0 amide bonds. The Kier molecular flexibility index (Phi) is 50.4. The maximum absolute atomic E-state index is 12.8. The average molecular weight is 905 g/mol. The molecule has 6 nitrogen and oxygen atoms in total. The molecule has 6 heteroatoms. The third-order valence-corrected chi connectivity index (χ3v) is 11.5. The topological polar surface area (TPSA) is 78.9 Å². The van der Waals surface area contributed by atoms with E-state index < -0.39 is 6.10 Å². The van der Waals surface area contributed by atoms with E-state index in [0.29, 0.717) is 19.3 Å². The van der Waals surface area contributed by atoms with Gasteiger partial charge in [-0.1, -0.05) is 247 Å². The van der Waals surface area contributed by atoms with Crippen molar-refractivity contribution in [1.29, 1.82) is 0 Å². The molecule has 372 valence electrons. The third kappa shape index (κ3) is 51.4. The molecular weight excluding hydrogens is 805 g/mol. The van der Waals surface area contributed by atoms with Gasteiger partial charge in [0, 0.05) is 19.3 Å². The van der Waals surface area contributed by atoms with Crippen molar-refractivity contribution in [3.05, 3.63) is 85.1 Å². The second kappa shape index (κ2) is 53.2. The molecule has 0 aliphatic heterocycles. The molecule has 0 rings (SSSR count). The molecule has 0 aliphatic rings. The predicted octanol–water partition coefficient (Wildman–Crippen LogP) is 18.0. The highest BCUT2D eigenvalue weighted by Crippen LogP contribution is 2.16. The lowest BCUT2D eigenvalue weighted by Crippen LogP contribution is -2.30. The number of esters is 3. The number of allylic oxidation sites excluding steroid dienone is 14. The third-order valence-electron chi connectivity index (χ3n) is 11.5. The van der Waals surface area contributed by atoms with Gasteiger partial charge in [0.05, 0.1) is 0 Å². The summed E-state index contributed by atoms with van der Waals surface area (Å²) in [5.41, 5.74) is 0. The Bertz CT molecular complexity index is 1270. The molecule has 0 aliphatic carbocycles. The lowest BCUT2D eigenvalue weighted by molar-refractivity contribution is -0.167. The monoisotopic (exact) mass is 905 g/mol. The molecule has 0 saturated heterocycles. The van der Waals surface area contributed by atoms with Crippen molar-refractivity contribution in [2.75, 3.05) is 13.2 Å². The van der Waals surface area contributed by atoms with Crippen LogP contribution in [0, 0.1) is 0 Å². The van der Waals surface area contributed by atoms with Gasteiger partial charge in [-0.15, -0.1) is 0 Å². The van der Waals surface area contributed by atoms with Gasteiger partial charge in [-0.2, -0.15) is 0 Å². The van der Waals surface area contributed by atoms with Gasteiger partial charge in [-0.05, 0) is 70.6 Å². The van der Waals surface area contributed by atoms with Crippen molar-refractivity contribution in [3.8, 4) is 0 Å². The van der Waals surface area contributed by atoms with Gasteiger partial charge in [0.25, 0.3) is 0 Å². The second-order valence-electron chi connectivity index (χ2n) is 17.8. The zero-order chi connectivity index (χ0) is 47.2. The first-order valence-electron chi connectivity index (χ1n) is 27.1. The Morgan fingerprint density at radius 1 is 0.338 bits per heavy atom. The Hall–Kier alpha value is -3.41. The molecule has 0 fully saturated rings. The number of carbonyl (C=O) groups excluding carboxylic acids is 3. The number of hydrogen-bond donors (Lipinski definition) is 0. The van der Waals surface area contributed by atoms with E-state index in [1.54, 1.807) is 0 Å². The van der Waals surface area contributed by atoms with Crippen LogP contribution in [-0.2, 0) is 28.6 Å². The van der Waals surface area contributed by atoms with Crippen LogP contribution in [0.3, 0.4) is 0 Å². The molecule has 0 saturated carbocycles. The quantitative estimate of drug-likeness (QED) is 0.0199. The van der Waals surface area contributed by atoms with Gasteiger partial charge in [0.1, 0.15) is 13.2 Å². The number of hydrogen-bond acceptors (Lipinski definition) is 6. The fourth-order valence-electron chi connectivity index (χ4n) is 7.47. The normalized spacial score (nSPS) is 12.7. The van der Waals surface area contributed by atoms with E-state index in [9.17, 15) is 14.4 Å². The van der Waals surface area contributed by atoms with Crippen LogP contribution < -0.4 is 0 Å². The molecule has 0 aromatic heterocycles. The van der Waals surface area contributed by atoms with E-state index in [2.05, 4.69) is 87.6 Å². The van der Waals surface area contributed by atoms with Crippen LogP contribution in [0.25, 0.3) is 0 Å². The molecule has 0 bridgehead atoms. The zero-order valence-electron chi connectivity index (χ0n) is 42.5. The number of unbranched alkanes of at least 4 members (excludes halogenated alkanes) is 26. The first-order chi connectivity index (χ1) is 32.0. The highest BCUT2D eigenvalue weighted by molar-refractivity contribution is 5.71. The van der Waals surface area contributed by atoms with E-state index in [0.717, 1.165) is 116 Å². The minimum Gasteiger partial charge on any atom is -0.462 e. The minimum absolute atomic E-state index is 0.0922. The molecule has 0 aromatic carbocycles. The zero-order valence-corrected chi connectivity index (χ0v) is 42.5. The van der Waals surface area contributed by atoms with E-state index in [-0.39, 0.29) is 31.1 Å². The number of carbonyl (C=O) groups is 3. The Morgan fingerprint density at radius 2 is 0.677 bits per heavy atom. The highest BCUT2D eigenvalue weighted by atomic mass is 16.6. The standard InChI is InChI=1S/C59H100O6/c1-4-7-10-13-16-19-22-25-28-29-30-32-34-37-40-43-46-49-52-58(61)64-55-56(54-63-57(60)51-48-45-42-39-36-33-27-24-21-18-15-12-9-6-3)65-59(62)53-50-47-44-41-38-35-31-26-23-20-17-14-11-8-5-2/h8-9,11-12,14,17-18,20-21,23,26-27,31,33,56H,4-7,10,13,15-16,19,22,24-25,28-30,32,34-55H2,1-3H3/b11-8-,12-9-,17-14-,21-18-,23-20-,31-26-,33-27-. The first kappa shape index (κ1) is 61.6. The summed E-state index contributed by atoms with van der Waals surface area (Å²) in [4.78, 5) is 38.1. The second-order valence-corrected chi connectivity index (χ2v) is 17.8. The Morgan fingerprint density at radius 3 is 1.12 bits per heavy atom. The van der Waals surface area contributed by atoms with Crippen molar-refractivity contribution < 1.29 is 28.6 Å². The number of rotatable bonds is 48. The highest BCUT2D eigenvalue weighted by Gasteiger charge is 2.19. The molecule has 0 N–H and O–H groups in total. The van der Waals surface area contributed by atoms with Gasteiger partial charge in [0.2, 0.25) is 0 Å². The van der Waals surface area contributed by atoms with Crippen molar-refractivity contribution in [3.63, 3.8) is 0 Å². The molecule has 1 unspecified atom stereocenters. The summed E-state index contributed by atoms with van der Waals surface area (Å²) in [5.74, 6) is -0.935. The predicted molar refractivity (Wildman–Crippen MR) is 279 cm³/mol. The minimum atomic E-state index is -0.797. The molecule has 0 radical (unpaired) electrons. The van der Waals surface area contributed by atoms with Crippen molar-refractivity contribution in [2.45, 2.75) is 258 Å². The van der Waals surface area contributed by atoms with Crippen LogP contribution in [0.1, 0.15) is 252 Å². The van der Waals surface area contributed by atoms with Crippen LogP contribution in [0.15, 0.2) is 85.1 Å². The van der Waals surface area contributed by atoms with Crippen LogP contribution in [0.5, 0.6) is 0 Å². The Balaban J connectivity index is 4.42. The fraction of sp³-hybridized carbons (Fsp3) is 0.712. The summed E-state index contributed by atoms with van der Waals surface area (Å²) in [6.45, 7) is 6.36. The average Bonchev–Trinajstić information content (AvgIpc) is 3.30. The van der Waals surface area contributed by atoms with Crippen LogP contribution in [0.2, 0.25) is 0 Å². The number of ether oxygens (including phenoxy) is 3. The molecule has 65 heavy (non-hydrogen) atoms. The van der Waals surface area contributed by atoms with Gasteiger partial charge in [-0.3, -0.25) is 14.4 Å². The van der Waals surface area contributed by atoms with Crippen LogP contribution >= 0.6 is 0 Å². The van der Waals surface area contributed by atoms with Gasteiger partial charge in [-0.25, -0.2) is 0 Å². The smallest absolute Gasteiger partial charge is 0.306 e. The molecule has 0 aromatic rings. The Labute approximate surface area is 401 Å².